The second-order valence-electron chi connectivity index (χ2n) is 10.7. The lowest BCUT2D eigenvalue weighted by atomic mass is 9.86. The predicted molar refractivity (Wildman–Crippen MR) is 138 cm³/mol. The molecule has 0 spiro atoms. The Balaban J connectivity index is 1.78. The monoisotopic (exact) mass is 484 g/mol. The molecule has 1 N–H and O–H groups in total. The van der Waals surface area contributed by atoms with E-state index in [4.69, 9.17) is 10.00 Å². The van der Waals surface area contributed by atoms with E-state index in [1.807, 2.05) is 42.5 Å². The van der Waals surface area contributed by atoms with Crippen LogP contribution in [0.5, 0.6) is 0 Å². The van der Waals surface area contributed by atoms with E-state index in [-0.39, 0.29) is 17.7 Å². The number of nitriles is 1. The lowest BCUT2D eigenvalue weighted by Gasteiger charge is -2.25. The van der Waals surface area contributed by atoms with Gasteiger partial charge in [-0.25, -0.2) is 14.8 Å². The van der Waals surface area contributed by atoms with Crippen molar-refractivity contribution in [1.29, 1.82) is 5.26 Å². The van der Waals surface area contributed by atoms with Gasteiger partial charge in [0.1, 0.15) is 17.7 Å². The van der Waals surface area contributed by atoms with E-state index in [2.05, 4.69) is 36.1 Å². The lowest BCUT2D eigenvalue weighted by molar-refractivity contribution is -0.157. The Hall–Kier alpha value is -4.05. The van der Waals surface area contributed by atoms with Crippen molar-refractivity contribution in [3.63, 3.8) is 0 Å². The average Bonchev–Trinajstić information content (AvgIpc) is 2.82. The minimum Gasteiger partial charge on any atom is -0.458 e. The summed E-state index contributed by atoms with van der Waals surface area (Å²) >= 11 is 0. The Morgan fingerprint density at radius 1 is 0.944 bits per heavy atom. The van der Waals surface area contributed by atoms with Crippen LogP contribution in [0.25, 0.3) is 11.4 Å². The van der Waals surface area contributed by atoms with E-state index < -0.39 is 17.6 Å². The Bertz CT molecular complexity index is 1240. The van der Waals surface area contributed by atoms with Gasteiger partial charge in [0.2, 0.25) is 0 Å². The maximum atomic E-state index is 13.0. The number of benzene rings is 2. The molecule has 1 heterocycles. The van der Waals surface area contributed by atoms with Gasteiger partial charge in [0.15, 0.2) is 5.82 Å². The molecular weight excluding hydrogens is 452 g/mol. The molecule has 0 radical (unpaired) electrons. The summed E-state index contributed by atoms with van der Waals surface area (Å²) in [6.07, 6.45) is 3.20. The van der Waals surface area contributed by atoms with Gasteiger partial charge in [0.05, 0.1) is 5.56 Å². The number of aromatic nitrogens is 2. The first-order chi connectivity index (χ1) is 16.9. The third kappa shape index (κ3) is 7.22. The maximum absolute atomic E-state index is 13.0. The van der Waals surface area contributed by atoms with Crippen molar-refractivity contribution in [1.82, 2.24) is 15.3 Å². The largest absolute Gasteiger partial charge is 0.458 e. The minimum absolute atomic E-state index is 0.0248. The fourth-order valence-corrected chi connectivity index (χ4v) is 3.49. The molecule has 1 atom stereocenters. The van der Waals surface area contributed by atoms with E-state index in [0.717, 1.165) is 16.7 Å². The number of nitrogens with one attached hydrogen (secondary N) is 1. The zero-order chi connectivity index (χ0) is 26.5. The second-order valence-corrected chi connectivity index (χ2v) is 10.7. The molecule has 0 aliphatic carbocycles. The van der Waals surface area contributed by atoms with Gasteiger partial charge in [0.25, 0.3) is 5.91 Å². The number of carbonyl (C=O) groups is 2. The molecule has 7 nitrogen and oxygen atoms in total. The topological polar surface area (TPSA) is 105 Å². The van der Waals surface area contributed by atoms with Gasteiger partial charge in [-0.15, -0.1) is 0 Å². The van der Waals surface area contributed by atoms with Crippen molar-refractivity contribution >= 4 is 11.9 Å². The zero-order valence-corrected chi connectivity index (χ0v) is 21.6. The molecule has 36 heavy (non-hydrogen) atoms. The first kappa shape index (κ1) is 26.6. The molecule has 1 unspecified atom stereocenters. The molecule has 7 heteroatoms. The molecule has 1 aromatic heterocycles. The van der Waals surface area contributed by atoms with Crippen molar-refractivity contribution in [2.24, 2.45) is 0 Å². The lowest BCUT2D eigenvalue weighted by Crippen LogP contribution is -2.45. The fourth-order valence-electron chi connectivity index (χ4n) is 3.49. The third-order valence-electron chi connectivity index (χ3n) is 5.44. The number of hydrogen-bond donors (Lipinski definition) is 1. The zero-order valence-electron chi connectivity index (χ0n) is 21.6. The molecule has 186 valence electrons. The van der Waals surface area contributed by atoms with Crippen LogP contribution < -0.4 is 5.32 Å². The molecule has 3 aromatic rings. The van der Waals surface area contributed by atoms with Gasteiger partial charge in [-0.2, -0.15) is 5.26 Å². The maximum Gasteiger partial charge on any atom is 0.329 e. The first-order valence-corrected chi connectivity index (χ1v) is 11.8. The van der Waals surface area contributed by atoms with E-state index in [1.165, 1.54) is 12.4 Å². The number of esters is 1. The highest BCUT2D eigenvalue weighted by Crippen LogP contribution is 2.22. The van der Waals surface area contributed by atoms with E-state index in [0.29, 0.717) is 17.0 Å². The van der Waals surface area contributed by atoms with Crippen LogP contribution in [0.4, 0.5) is 0 Å². The number of amides is 1. The molecule has 0 aliphatic heterocycles. The van der Waals surface area contributed by atoms with Crippen molar-refractivity contribution in [2.75, 3.05) is 0 Å². The molecule has 0 saturated carbocycles. The highest BCUT2D eigenvalue weighted by molar-refractivity contribution is 5.97. The van der Waals surface area contributed by atoms with Crippen LogP contribution in [0.3, 0.4) is 0 Å². The van der Waals surface area contributed by atoms with Crippen molar-refractivity contribution in [2.45, 2.75) is 65.0 Å². The summed E-state index contributed by atoms with van der Waals surface area (Å²) in [7, 11) is 0. The fraction of sp³-hybridized carbons (Fsp3) is 0.345. The molecule has 0 fully saturated rings. The van der Waals surface area contributed by atoms with Gasteiger partial charge in [-0.05, 0) is 49.4 Å². The van der Waals surface area contributed by atoms with Gasteiger partial charge in [0, 0.05) is 29.9 Å². The van der Waals surface area contributed by atoms with Gasteiger partial charge >= 0.3 is 5.97 Å². The van der Waals surface area contributed by atoms with Crippen LogP contribution in [-0.2, 0) is 21.4 Å². The molecule has 0 bridgehead atoms. The van der Waals surface area contributed by atoms with E-state index in [9.17, 15) is 9.59 Å². The smallest absolute Gasteiger partial charge is 0.329 e. The number of nitrogens with zero attached hydrogens (tertiary/aromatic N) is 3. The van der Waals surface area contributed by atoms with E-state index >= 15 is 0 Å². The molecular formula is C29H32N4O3. The molecule has 0 aliphatic rings. The molecule has 3 rings (SSSR count). The van der Waals surface area contributed by atoms with Crippen LogP contribution in [0, 0.1) is 11.3 Å². The third-order valence-corrected chi connectivity index (χ3v) is 5.44. The van der Waals surface area contributed by atoms with Crippen LogP contribution in [0.2, 0.25) is 0 Å². The minimum atomic E-state index is -0.865. The van der Waals surface area contributed by atoms with Crippen LogP contribution in [0.15, 0.2) is 60.9 Å². The normalized spacial score (nSPS) is 12.4. The standard InChI is InChI=1S/C29H32N4O3/c1-28(2,3)23-13-11-22(12-14-23)26(34)33-24(27(35)36-29(4,5)6)15-19-7-9-21(10-8-19)25-31-17-20(16-30)18-32-25/h7-14,17-18,24H,15H2,1-6H3,(H,33,34). The number of rotatable bonds is 6. The summed E-state index contributed by atoms with van der Waals surface area (Å²) in [6, 6.07) is 15.9. The highest BCUT2D eigenvalue weighted by atomic mass is 16.6. The second kappa shape index (κ2) is 10.7. The average molecular weight is 485 g/mol. The SMILES string of the molecule is CC(C)(C)OC(=O)C(Cc1ccc(-c2ncc(C#N)cn2)cc1)NC(=O)c1ccc(C(C)(C)C)cc1. The van der Waals surface area contributed by atoms with Crippen LogP contribution in [-0.4, -0.2) is 33.5 Å². The van der Waals surface area contributed by atoms with Crippen molar-refractivity contribution in [3.8, 4) is 17.5 Å². The Morgan fingerprint density at radius 3 is 2.03 bits per heavy atom. The Morgan fingerprint density at radius 2 is 1.53 bits per heavy atom. The molecule has 0 saturated heterocycles. The Labute approximate surface area is 212 Å². The summed E-state index contributed by atoms with van der Waals surface area (Å²) in [5, 5.41) is 11.8. The van der Waals surface area contributed by atoms with Gasteiger partial charge in [-0.3, -0.25) is 4.79 Å². The van der Waals surface area contributed by atoms with Gasteiger partial charge < -0.3 is 10.1 Å². The van der Waals surface area contributed by atoms with Gasteiger partial charge in [-0.1, -0.05) is 57.2 Å². The molecule has 2 aromatic carbocycles. The summed E-state index contributed by atoms with van der Waals surface area (Å²) in [6.45, 7) is 11.7. The first-order valence-electron chi connectivity index (χ1n) is 11.8. The van der Waals surface area contributed by atoms with E-state index in [1.54, 1.807) is 32.9 Å². The number of carbonyl (C=O) groups excluding carboxylic acids is 2. The molecule has 1 amide bonds. The summed E-state index contributed by atoms with van der Waals surface area (Å²) < 4.78 is 5.59. The summed E-state index contributed by atoms with van der Waals surface area (Å²) in [4.78, 5) is 34.4. The predicted octanol–water partition coefficient (Wildman–Crippen LogP) is 5.00. The van der Waals surface area contributed by atoms with Crippen molar-refractivity contribution in [3.05, 3.63) is 83.2 Å². The van der Waals surface area contributed by atoms with Crippen LogP contribution >= 0.6 is 0 Å². The summed E-state index contributed by atoms with van der Waals surface area (Å²) in [5.74, 6) is -0.341. The van der Waals surface area contributed by atoms with Crippen LogP contribution in [0.1, 0.15) is 68.6 Å². The summed E-state index contributed by atoms with van der Waals surface area (Å²) in [5.41, 5.74) is 2.89. The quantitative estimate of drug-likeness (QED) is 0.494. The number of hydrogen-bond acceptors (Lipinski definition) is 6. The number of ether oxygens (including phenoxy) is 1. The van der Waals surface area contributed by atoms with Crippen molar-refractivity contribution < 1.29 is 14.3 Å². The highest BCUT2D eigenvalue weighted by Gasteiger charge is 2.27. The Kier molecular flexibility index (Phi) is 7.89.